The van der Waals surface area contributed by atoms with E-state index in [1.807, 2.05) is 49.9 Å². The lowest BCUT2D eigenvalue weighted by Crippen LogP contribution is -2.56. The molecule has 0 heterocycles. The molecule has 1 saturated carbocycles. The minimum absolute atomic E-state index is 0.0521. The van der Waals surface area contributed by atoms with Crippen molar-refractivity contribution in [3.63, 3.8) is 0 Å². The molecule has 2 rings (SSSR count). The molecule has 7 heteroatoms. The number of carboxylic acids is 1. The molecule has 1 aliphatic carbocycles. The number of urea groups is 1. The first-order chi connectivity index (χ1) is 12.8. The third-order valence-electron chi connectivity index (χ3n) is 4.74. The van der Waals surface area contributed by atoms with E-state index >= 15 is 0 Å². The van der Waals surface area contributed by atoms with Crippen molar-refractivity contribution in [2.75, 3.05) is 20.1 Å². The minimum Gasteiger partial charge on any atom is -0.491 e. The lowest BCUT2D eigenvalue weighted by Gasteiger charge is -2.42. The van der Waals surface area contributed by atoms with Crippen molar-refractivity contribution < 1.29 is 19.4 Å². The average Bonchev–Trinajstić information content (AvgIpc) is 2.55. The number of ether oxygens (including phenoxy) is 1. The summed E-state index contributed by atoms with van der Waals surface area (Å²) < 4.78 is 5.69. The molecule has 0 spiro atoms. The van der Waals surface area contributed by atoms with Crippen LogP contribution in [0.1, 0.15) is 39.2 Å². The summed E-state index contributed by atoms with van der Waals surface area (Å²) in [5.74, 6) is -0.0102. The van der Waals surface area contributed by atoms with Gasteiger partial charge in [0, 0.05) is 25.7 Å². The lowest BCUT2D eigenvalue weighted by molar-refractivity contribution is -0.139. The first kappa shape index (κ1) is 21.0. The fourth-order valence-corrected chi connectivity index (χ4v) is 3.30. The van der Waals surface area contributed by atoms with Gasteiger partial charge in [-0.3, -0.25) is 9.69 Å². The van der Waals surface area contributed by atoms with Crippen molar-refractivity contribution in [3.05, 3.63) is 29.8 Å². The Bertz CT molecular complexity index is 644. The number of nitrogens with zero attached hydrogens (tertiary/aromatic N) is 2. The number of amides is 2. The number of carbonyl (C=O) groups excluding carboxylic acids is 1. The zero-order chi connectivity index (χ0) is 20.0. The number of nitrogens with one attached hydrogen (secondary N) is 1. The van der Waals surface area contributed by atoms with Crippen LogP contribution in [0, 0.1) is 0 Å². The quantitative estimate of drug-likeness (QED) is 0.691. The van der Waals surface area contributed by atoms with E-state index in [1.165, 1.54) is 0 Å². The van der Waals surface area contributed by atoms with E-state index in [4.69, 9.17) is 9.84 Å². The van der Waals surface area contributed by atoms with Crippen LogP contribution in [-0.2, 0) is 11.3 Å². The summed E-state index contributed by atoms with van der Waals surface area (Å²) >= 11 is 0. The molecule has 1 aromatic rings. The zero-order valence-corrected chi connectivity index (χ0v) is 16.6. The van der Waals surface area contributed by atoms with Gasteiger partial charge in [-0.25, -0.2) is 4.79 Å². The Morgan fingerprint density at radius 3 is 2.63 bits per heavy atom. The molecule has 27 heavy (non-hydrogen) atoms. The maximum Gasteiger partial charge on any atom is 0.317 e. The Morgan fingerprint density at radius 2 is 2.04 bits per heavy atom. The highest BCUT2D eigenvalue weighted by Crippen LogP contribution is 2.25. The maximum atomic E-state index is 12.4. The summed E-state index contributed by atoms with van der Waals surface area (Å²) in [5, 5.41) is 12.0. The van der Waals surface area contributed by atoms with E-state index in [-0.39, 0.29) is 30.8 Å². The number of hydrogen-bond acceptors (Lipinski definition) is 4. The highest BCUT2D eigenvalue weighted by Gasteiger charge is 2.35. The summed E-state index contributed by atoms with van der Waals surface area (Å²) in [7, 11) is 1.77. The fourth-order valence-electron chi connectivity index (χ4n) is 3.30. The van der Waals surface area contributed by atoms with Crippen LogP contribution in [0.15, 0.2) is 24.3 Å². The van der Waals surface area contributed by atoms with Crippen LogP contribution in [0.4, 0.5) is 4.79 Å². The molecule has 150 valence electrons. The smallest absolute Gasteiger partial charge is 0.317 e. The fraction of sp³-hybridized carbons (Fsp3) is 0.600. The van der Waals surface area contributed by atoms with Crippen molar-refractivity contribution in [2.24, 2.45) is 0 Å². The second-order valence-electron chi connectivity index (χ2n) is 7.40. The predicted octanol–water partition coefficient (Wildman–Crippen LogP) is 2.55. The maximum absolute atomic E-state index is 12.4. The van der Waals surface area contributed by atoms with Gasteiger partial charge < -0.3 is 20.1 Å². The van der Waals surface area contributed by atoms with E-state index in [0.717, 1.165) is 24.2 Å². The van der Waals surface area contributed by atoms with Crippen molar-refractivity contribution in [2.45, 2.75) is 58.3 Å². The van der Waals surface area contributed by atoms with Gasteiger partial charge in [-0.1, -0.05) is 19.1 Å². The lowest BCUT2D eigenvalue weighted by atomic mass is 9.85. The van der Waals surface area contributed by atoms with Crippen molar-refractivity contribution >= 4 is 12.0 Å². The van der Waals surface area contributed by atoms with Crippen molar-refractivity contribution in [1.82, 2.24) is 15.1 Å². The van der Waals surface area contributed by atoms with Crippen LogP contribution in [0.5, 0.6) is 5.75 Å². The monoisotopic (exact) mass is 377 g/mol. The van der Waals surface area contributed by atoms with Gasteiger partial charge in [-0.15, -0.1) is 0 Å². The second-order valence-corrected chi connectivity index (χ2v) is 7.40. The van der Waals surface area contributed by atoms with E-state index in [0.29, 0.717) is 13.1 Å². The van der Waals surface area contributed by atoms with Crippen LogP contribution in [0.2, 0.25) is 0 Å². The molecule has 2 N–H and O–H groups in total. The normalized spacial score (nSPS) is 18.9. The van der Waals surface area contributed by atoms with Crippen LogP contribution < -0.4 is 10.1 Å². The molecule has 0 unspecified atom stereocenters. The molecule has 1 fully saturated rings. The standard InChI is InChI=1S/C20H31N3O4/c1-5-23(13-19(24)25)17-10-16(11-17)21-20(26)22(4)12-15-7-6-8-18(9-15)27-14(2)3/h6-9,14,16-17H,5,10-13H2,1-4H3,(H,21,26)(H,24,25). The number of aliphatic carboxylic acids is 1. The highest BCUT2D eigenvalue weighted by molar-refractivity contribution is 5.74. The average molecular weight is 377 g/mol. The van der Waals surface area contributed by atoms with Gasteiger partial charge in [0.2, 0.25) is 0 Å². The Hall–Kier alpha value is -2.28. The topological polar surface area (TPSA) is 82.1 Å². The zero-order valence-electron chi connectivity index (χ0n) is 16.6. The molecule has 1 aliphatic rings. The number of rotatable bonds is 9. The highest BCUT2D eigenvalue weighted by atomic mass is 16.5. The van der Waals surface area contributed by atoms with Gasteiger partial charge in [0.05, 0.1) is 12.6 Å². The van der Waals surface area contributed by atoms with Gasteiger partial charge in [0.15, 0.2) is 0 Å². The Kier molecular flexibility index (Phi) is 7.47. The number of hydrogen-bond donors (Lipinski definition) is 2. The molecule has 0 atom stereocenters. The van der Waals surface area contributed by atoms with Crippen LogP contribution in [0.25, 0.3) is 0 Å². The molecule has 0 bridgehead atoms. The molecule has 0 radical (unpaired) electrons. The summed E-state index contributed by atoms with van der Waals surface area (Å²) in [4.78, 5) is 26.9. The summed E-state index contributed by atoms with van der Waals surface area (Å²) in [5.41, 5.74) is 1.01. The Morgan fingerprint density at radius 1 is 1.33 bits per heavy atom. The third kappa shape index (κ3) is 6.43. The number of likely N-dealkylation sites (N-methyl/N-ethyl adjacent to an activating group) is 1. The molecule has 0 aromatic heterocycles. The van der Waals surface area contributed by atoms with E-state index in [1.54, 1.807) is 11.9 Å². The summed E-state index contributed by atoms with van der Waals surface area (Å²) in [6.45, 7) is 7.17. The van der Waals surface area contributed by atoms with Gasteiger partial charge in [0.1, 0.15) is 5.75 Å². The van der Waals surface area contributed by atoms with Crippen LogP contribution in [0.3, 0.4) is 0 Å². The molecule has 1 aromatic carbocycles. The number of carbonyl (C=O) groups is 2. The van der Waals surface area contributed by atoms with Crippen LogP contribution >= 0.6 is 0 Å². The summed E-state index contributed by atoms with van der Waals surface area (Å²) in [6, 6.07) is 7.98. The number of carboxylic acid groups (broad SMARTS) is 1. The van der Waals surface area contributed by atoms with Crippen molar-refractivity contribution in [3.8, 4) is 5.75 Å². The van der Waals surface area contributed by atoms with E-state index in [2.05, 4.69) is 5.32 Å². The van der Waals surface area contributed by atoms with Gasteiger partial charge in [-0.05, 0) is 50.9 Å². The molecular weight excluding hydrogens is 346 g/mol. The predicted molar refractivity (Wildman–Crippen MR) is 104 cm³/mol. The molecule has 2 amide bonds. The molecule has 0 saturated heterocycles. The third-order valence-corrected chi connectivity index (χ3v) is 4.74. The van der Waals surface area contributed by atoms with Crippen molar-refractivity contribution in [1.29, 1.82) is 0 Å². The van der Waals surface area contributed by atoms with Gasteiger partial charge in [0.25, 0.3) is 0 Å². The van der Waals surface area contributed by atoms with E-state index in [9.17, 15) is 9.59 Å². The molecule has 7 nitrogen and oxygen atoms in total. The molecular formula is C20H31N3O4. The Labute approximate surface area is 161 Å². The SMILES string of the molecule is CCN(CC(=O)O)C1CC(NC(=O)N(C)Cc2cccc(OC(C)C)c2)C1. The minimum atomic E-state index is -0.812. The van der Waals surface area contributed by atoms with E-state index < -0.39 is 5.97 Å². The first-order valence-electron chi connectivity index (χ1n) is 9.51. The van der Waals surface area contributed by atoms with Crippen LogP contribution in [-0.4, -0.2) is 65.2 Å². The first-order valence-corrected chi connectivity index (χ1v) is 9.51. The summed E-state index contributed by atoms with van der Waals surface area (Å²) in [6.07, 6.45) is 1.69. The largest absolute Gasteiger partial charge is 0.491 e. The van der Waals surface area contributed by atoms with Gasteiger partial charge >= 0.3 is 12.0 Å². The number of benzene rings is 1. The Balaban J connectivity index is 1.79. The van der Waals surface area contributed by atoms with Gasteiger partial charge in [-0.2, -0.15) is 0 Å². The molecule has 0 aliphatic heterocycles. The second kappa shape index (κ2) is 9.60.